The van der Waals surface area contributed by atoms with Crippen molar-refractivity contribution in [1.82, 2.24) is 9.88 Å². The fraction of sp³-hybridized carbons (Fsp3) is 0.789. The van der Waals surface area contributed by atoms with Gasteiger partial charge in [0.1, 0.15) is 0 Å². The van der Waals surface area contributed by atoms with Gasteiger partial charge in [0.2, 0.25) is 0 Å². The molecule has 2 nitrogen and oxygen atoms in total. The fourth-order valence-electron chi connectivity index (χ4n) is 2.76. The molecule has 0 amide bonds. The van der Waals surface area contributed by atoms with E-state index in [0.29, 0.717) is 6.04 Å². The molecular formula is C19H36N2. The van der Waals surface area contributed by atoms with Crippen LogP contribution in [0.3, 0.4) is 0 Å². The van der Waals surface area contributed by atoms with Crippen LogP contribution in [0.2, 0.25) is 0 Å². The number of nitrogens with one attached hydrogen (secondary N) is 1. The Balaban J connectivity index is 2.09. The lowest BCUT2D eigenvalue weighted by Crippen LogP contribution is -2.18. The van der Waals surface area contributed by atoms with Gasteiger partial charge in [-0.25, -0.2) is 0 Å². The number of hydrogen-bond donors (Lipinski definition) is 1. The molecule has 0 aromatic carbocycles. The van der Waals surface area contributed by atoms with Crippen molar-refractivity contribution in [3.63, 3.8) is 0 Å². The molecule has 0 saturated carbocycles. The number of hydrogen-bond acceptors (Lipinski definition) is 1. The van der Waals surface area contributed by atoms with Gasteiger partial charge in [0.15, 0.2) is 0 Å². The zero-order valence-electron chi connectivity index (χ0n) is 14.5. The molecule has 1 unspecified atom stereocenters. The van der Waals surface area contributed by atoms with E-state index in [1.807, 2.05) is 0 Å². The van der Waals surface area contributed by atoms with Gasteiger partial charge in [0.05, 0.1) is 0 Å². The van der Waals surface area contributed by atoms with Crippen LogP contribution in [0, 0.1) is 0 Å². The Morgan fingerprint density at radius 1 is 0.952 bits per heavy atom. The third kappa shape index (κ3) is 8.31. The lowest BCUT2D eigenvalue weighted by Gasteiger charge is -2.11. The molecule has 1 atom stereocenters. The van der Waals surface area contributed by atoms with Gasteiger partial charge in [-0.15, -0.1) is 0 Å². The number of rotatable bonds is 13. The number of nitrogens with zero attached hydrogens (tertiary/aromatic N) is 1. The third-order valence-electron chi connectivity index (χ3n) is 4.24. The Morgan fingerprint density at radius 2 is 1.62 bits per heavy atom. The van der Waals surface area contributed by atoms with E-state index in [0.717, 1.165) is 6.54 Å². The highest BCUT2D eigenvalue weighted by molar-refractivity contribution is 5.14. The van der Waals surface area contributed by atoms with E-state index in [9.17, 15) is 0 Å². The van der Waals surface area contributed by atoms with Crippen molar-refractivity contribution in [2.45, 2.75) is 91.1 Å². The second-order valence-electron chi connectivity index (χ2n) is 6.33. The molecule has 0 spiro atoms. The summed E-state index contributed by atoms with van der Waals surface area (Å²) in [5.74, 6) is 0. The first-order chi connectivity index (χ1) is 10.3. The highest BCUT2D eigenvalue weighted by Crippen LogP contribution is 2.14. The molecule has 0 radical (unpaired) electrons. The molecule has 1 N–H and O–H groups in total. The Kier molecular flexibility index (Phi) is 10.3. The number of aryl methyl sites for hydroxylation is 1. The highest BCUT2D eigenvalue weighted by atomic mass is 15.0. The summed E-state index contributed by atoms with van der Waals surface area (Å²) in [5, 5.41) is 3.55. The predicted molar refractivity (Wildman–Crippen MR) is 93.8 cm³/mol. The molecule has 0 saturated heterocycles. The normalized spacial score (nSPS) is 12.7. The summed E-state index contributed by atoms with van der Waals surface area (Å²) in [7, 11) is 0. The standard InChI is InChI=1S/C19H36N2/c1-4-6-7-8-9-10-11-12-15-21-16-13-19(17-21)18(3)20-14-5-2/h13,16-18,20H,4-12,14-15H2,1-3H3. The molecule has 0 aliphatic rings. The van der Waals surface area contributed by atoms with E-state index in [-0.39, 0.29) is 0 Å². The minimum atomic E-state index is 0.477. The molecule has 122 valence electrons. The smallest absolute Gasteiger partial charge is 0.0306 e. The van der Waals surface area contributed by atoms with Crippen LogP contribution in [0.4, 0.5) is 0 Å². The molecule has 1 heterocycles. The SMILES string of the molecule is CCCCCCCCCCn1ccc(C(C)NCCC)c1. The van der Waals surface area contributed by atoms with Crippen LogP contribution in [-0.2, 0) is 6.54 Å². The van der Waals surface area contributed by atoms with Crippen molar-refractivity contribution in [2.24, 2.45) is 0 Å². The van der Waals surface area contributed by atoms with Crippen molar-refractivity contribution in [2.75, 3.05) is 6.54 Å². The van der Waals surface area contributed by atoms with E-state index in [2.05, 4.69) is 49.1 Å². The molecule has 0 fully saturated rings. The van der Waals surface area contributed by atoms with E-state index in [1.165, 1.54) is 69.9 Å². The second kappa shape index (κ2) is 11.9. The number of unbranched alkanes of at least 4 members (excludes halogenated alkanes) is 7. The van der Waals surface area contributed by atoms with Crippen molar-refractivity contribution < 1.29 is 0 Å². The van der Waals surface area contributed by atoms with Gasteiger partial charge in [-0.1, -0.05) is 58.8 Å². The summed E-state index contributed by atoms with van der Waals surface area (Å²) in [6.45, 7) is 9.03. The minimum Gasteiger partial charge on any atom is -0.354 e. The topological polar surface area (TPSA) is 17.0 Å². The summed E-state index contributed by atoms with van der Waals surface area (Å²) in [5.41, 5.74) is 1.42. The Morgan fingerprint density at radius 3 is 2.29 bits per heavy atom. The molecule has 0 aliphatic heterocycles. The van der Waals surface area contributed by atoms with Gasteiger partial charge in [0, 0.05) is 25.0 Å². The molecule has 21 heavy (non-hydrogen) atoms. The van der Waals surface area contributed by atoms with Gasteiger partial charge in [-0.05, 0) is 37.9 Å². The van der Waals surface area contributed by atoms with E-state index in [4.69, 9.17) is 0 Å². The third-order valence-corrected chi connectivity index (χ3v) is 4.24. The van der Waals surface area contributed by atoms with Gasteiger partial charge >= 0.3 is 0 Å². The number of aromatic nitrogens is 1. The van der Waals surface area contributed by atoms with Crippen molar-refractivity contribution >= 4 is 0 Å². The second-order valence-corrected chi connectivity index (χ2v) is 6.33. The quantitative estimate of drug-likeness (QED) is 0.462. The molecule has 0 aliphatic carbocycles. The molecule has 1 rings (SSSR count). The zero-order chi connectivity index (χ0) is 15.3. The monoisotopic (exact) mass is 292 g/mol. The molecular weight excluding hydrogens is 256 g/mol. The van der Waals surface area contributed by atoms with E-state index in [1.54, 1.807) is 0 Å². The first kappa shape index (κ1) is 18.3. The first-order valence-electron chi connectivity index (χ1n) is 9.17. The molecule has 0 bridgehead atoms. The van der Waals surface area contributed by atoms with Crippen molar-refractivity contribution in [3.8, 4) is 0 Å². The molecule has 2 heteroatoms. The van der Waals surface area contributed by atoms with E-state index < -0.39 is 0 Å². The summed E-state index contributed by atoms with van der Waals surface area (Å²) in [4.78, 5) is 0. The maximum absolute atomic E-state index is 3.55. The lowest BCUT2D eigenvalue weighted by molar-refractivity contribution is 0.541. The fourth-order valence-corrected chi connectivity index (χ4v) is 2.76. The van der Waals surface area contributed by atoms with Crippen molar-refractivity contribution in [3.05, 3.63) is 24.0 Å². The molecule has 1 aromatic rings. The van der Waals surface area contributed by atoms with Crippen molar-refractivity contribution in [1.29, 1.82) is 0 Å². The summed E-state index contributed by atoms with van der Waals surface area (Å²) < 4.78 is 2.36. The summed E-state index contributed by atoms with van der Waals surface area (Å²) >= 11 is 0. The summed E-state index contributed by atoms with van der Waals surface area (Å²) in [6.07, 6.45) is 16.9. The lowest BCUT2D eigenvalue weighted by atomic mass is 10.1. The van der Waals surface area contributed by atoms with Crippen LogP contribution in [0.5, 0.6) is 0 Å². The zero-order valence-corrected chi connectivity index (χ0v) is 14.5. The van der Waals surface area contributed by atoms with Crippen LogP contribution < -0.4 is 5.32 Å². The largest absolute Gasteiger partial charge is 0.354 e. The highest BCUT2D eigenvalue weighted by Gasteiger charge is 2.05. The first-order valence-corrected chi connectivity index (χ1v) is 9.17. The Labute approximate surface area is 132 Å². The summed E-state index contributed by atoms with van der Waals surface area (Å²) in [6, 6.07) is 2.74. The Hall–Kier alpha value is -0.760. The van der Waals surface area contributed by atoms with Crippen LogP contribution >= 0.6 is 0 Å². The van der Waals surface area contributed by atoms with Gasteiger partial charge < -0.3 is 9.88 Å². The van der Waals surface area contributed by atoms with Crippen LogP contribution in [0.1, 0.15) is 90.2 Å². The molecule has 1 aromatic heterocycles. The average Bonchev–Trinajstić information content (AvgIpc) is 2.96. The Bertz CT molecular complexity index is 343. The van der Waals surface area contributed by atoms with Gasteiger partial charge in [-0.2, -0.15) is 0 Å². The van der Waals surface area contributed by atoms with Gasteiger partial charge in [-0.3, -0.25) is 0 Å². The van der Waals surface area contributed by atoms with Gasteiger partial charge in [0.25, 0.3) is 0 Å². The maximum atomic E-state index is 3.55. The average molecular weight is 293 g/mol. The predicted octanol–water partition coefficient (Wildman–Crippen LogP) is 5.69. The van der Waals surface area contributed by atoms with E-state index >= 15 is 0 Å². The van der Waals surface area contributed by atoms with Crippen LogP contribution in [0.25, 0.3) is 0 Å². The minimum absolute atomic E-state index is 0.477. The maximum Gasteiger partial charge on any atom is 0.0306 e. The van der Waals surface area contributed by atoms with Crippen LogP contribution in [-0.4, -0.2) is 11.1 Å². The van der Waals surface area contributed by atoms with Crippen LogP contribution in [0.15, 0.2) is 18.5 Å².